The van der Waals surface area contributed by atoms with E-state index in [4.69, 9.17) is 0 Å². The van der Waals surface area contributed by atoms with Gasteiger partial charge in [0.2, 0.25) is 0 Å². The number of thiophene rings is 1. The fraction of sp³-hybridized carbons (Fsp3) is 0.312. The van der Waals surface area contributed by atoms with E-state index in [0.29, 0.717) is 0 Å². The number of amides is 1. The number of nitrogens with one attached hydrogen (secondary N) is 1. The van der Waals surface area contributed by atoms with Crippen LogP contribution in [0, 0.1) is 13.8 Å². The van der Waals surface area contributed by atoms with Crippen LogP contribution in [0.3, 0.4) is 0 Å². The average molecular weight is 273 g/mol. The molecule has 1 aromatic carbocycles. The van der Waals surface area contributed by atoms with E-state index in [-0.39, 0.29) is 11.9 Å². The molecule has 0 saturated heterocycles. The summed E-state index contributed by atoms with van der Waals surface area (Å²) in [5.74, 6) is 0.0153. The Labute approximate surface area is 118 Å². The van der Waals surface area contributed by atoms with Crippen LogP contribution < -0.4 is 5.32 Å². The molecule has 0 aliphatic carbocycles. The first kappa shape index (κ1) is 13.8. The highest BCUT2D eigenvalue weighted by Gasteiger charge is 2.12. The van der Waals surface area contributed by atoms with Gasteiger partial charge in [0.15, 0.2) is 0 Å². The highest BCUT2D eigenvalue weighted by molar-refractivity contribution is 7.09. The highest BCUT2D eigenvalue weighted by Crippen LogP contribution is 2.13. The second kappa shape index (κ2) is 6.02. The van der Waals surface area contributed by atoms with Gasteiger partial charge in [-0.25, -0.2) is 0 Å². The van der Waals surface area contributed by atoms with Crippen molar-refractivity contribution in [1.82, 2.24) is 5.32 Å². The van der Waals surface area contributed by atoms with Gasteiger partial charge < -0.3 is 5.32 Å². The van der Waals surface area contributed by atoms with Crippen molar-refractivity contribution in [2.75, 3.05) is 0 Å². The molecule has 0 aliphatic rings. The first-order valence-electron chi connectivity index (χ1n) is 6.47. The zero-order valence-corrected chi connectivity index (χ0v) is 12.4. The summed E-state index contributed by atoms with van der Waals surface area (Å²) in [5.41, 5.74) is 2.98. The molecule has 100 valence electrons. The monoisotopic (exact) mass is 273 g/mol. The third kappa shape index (κ3) is 3.67. The Hall–Kier alpha value is -1.61. The Morgan fingerprint density at radius 1 is 1.32 bits per heavy atom. The van der Waals surface area contributed by atoms with Crippen molar-refractivity contribution in [1.29, 1.82) is 0 Å². The van der Waals surface area contributed by atoms with Crippen LogP contribution in [0.5, 0.6) is 0 Å². The molecule has 19 heavy (non-hydrogen) atoms. The van der Waals surface area contributed by atoms with Gasteiger partial charge in [0.1, 0.15) is 0 Å². The summed E-state index contributed by atoms with van der Waals surface area (Å²) in [6.07, 6.45) is 0.883. The lowest BCUT2D eigenvalue weighted by atomic mass is 10.0. The van der Waals surface area contributed by atoms with Crippen LogP contribution in [-0.2, 0) is 6.42 Å². The summed E-state index contributed by atoms with van der Waals surface area (Å²) in [7, 11) is 0. The van der Waals surface area contributed by atoms with Crippen LogP contribution in [-0.4, -0.2) is 11.9 Å². The van der Waals surface area contributed by atoms with Gasteiger partial charge in [0.25, 0.3) is 5.91 Å². The molecule has 2 nitrogen and oxygen atoms in total. The van der Waals surface area contributed by atoms with E-state index in [1.807, 2.05) is 45.0 Å². The maximum Gasteiger partial charge on any atom is 0.251 e. The number of hydrogen-bond acceptors (Lipinski definition) is 2. The van der Waals surface area contributed by atoms with Crippen LogP contribution >= 0.6 is 11.3 Å². The van der Waals surface area contributed by atoms with Crippen molar-refractivity contribution in [3.05, 3.63) is 57.3 Å². The van der Waals surface area contributed by atoms with Crippen molar-refractivity contribution >= 4 is 17.2 Å². The molecule has 1 heterocycles. The standard InChI is InChI=1S/C16H19NOS/c1-11-6-7-15(12(2)9-11)16(18)17-13(3)10-14-5-4-8-19-14/h4-9,13H,10H2,1-3H3,(H,17,18)/t13-/m1/s1. The lowest BCUT2D eigenvalue weighted by Gasteiger charge is -2.14. The lowest BCUT2D eigenvalue weighted by Crippen LogP contribution is -2.34. The van der Waals surface area contributed by atoms with Crippen LogP contribution in [0.25, 0.3) is 0 Å². The molecule has 0 bridgehead atoms. The maximum absolute atomic E-state index is 12.2. The van der Waals surface area contributed by atoms with Gasteiger partial charge in [-0.15, -0.1) is 11.3 Å². The van der Waals surface area contributed by atoms with E-state index in [1.165, 1.54) is 10.4 Å². The number of benzene rings is 1. The number of carbonyl (C=O) groups excluding carboxylic acids is 1. The zero-order valence-electron chi connectivity index (χ0n) is 11.6. The van der Waals surface area contributed by atoms with Crippen LogP contribution in [0.4, 0.5) is 0 Å². The Kier molecular flexibility index (Phi) is 4.38. The Morgan fingerprint density at radius 2 is 2.11 bits per heavy atom. The Balaban J connectivity index is 2.00. The summed E-state index contributed by atoms with van der Waals surface area (Å²) >= 11 is 1.73. The number of rotatable bonds is 4. The Bertz CT molecular complexity index is 560. The fourth-order valence-corrected chi connectivity index (χ4v) is 2.99. The minimum atomic E-state index is 0.0153. The molecule has 0 spiro atoms. The van der Waals surface area contributed by atoms with Crippen molar-refractivity contribution < 1.29 is 4.79 Å². The smallest absolute Gasteiger partial charge is 0.251 e. The van der Waals surface area contributed by atoms with E-state index in [0.717, 1.165) is 17.5 Å². The van der Waals surface area contributed by atoms with Crippen LogP contribution in [0.2, 0.25) is 0 Å². The summed E-state index contributed by atoms with van der Waals surface area (Å²) in [4.78, 5) is 13.5. The van der Waals surface area contributed by atoms with E-state index in [2.05, 4.69) is 16.8 Å². The van der Waals surface area contributed by atoms with Crippen molar-refractivity contribution in [2.45, 2.75) is 33.2 Å². The normalized spacial score (nSPS) is 12.2. The molecule has 3 heteroatoms. The molecular formula is C16H19NOS. The SMILES string of the molecule is Cc1ccc(C(=O)N[C@H](C)Cc2cccs2)c(C)c1. The van der Waals surface area contributed by atoms with E-state index in [9.17, 15) is 4.79 Å². The molecule has 0 saturated carbocycles. The minimum Gasteiger partial charge on any atom is -0.349 e. The van der Waals surface area contributed by atoms with E-state index >= 15 is 0 Å². The van der Waals surface area contributed by atoms with E-state index < -0.39 is 0 Å². The number of aryl methyl sites for hydroxylation is 2. The molecule has 1 atom stereocenters. The topological polar surface area (TPSA) is 29.1 Å². The van der Waals surface area contributed by atoms with Gasteiger partial charge in [-0.3, -0.25) is 4.79 Å². The van der Waals surface area contributed by atoms with Crippen molar-refractivity contribution in [3.63, 3.8) is 0 Å². The molecular weight excluding hydrogens is 254 g/mol. The second-order valence-corrected chi connectivity index (χ2v) is 6.01. The first-order valence-corrected chi connectivity index (χ1v) is 7.34. The van der Waals surface area contributed by atoms with Gasteiger partial charge in [-0.2, -0.15) is 0 Å². The van der Waals surface area contributed by atoms with Crippen molar-refractivity contribution in [2.24, 2.45) is 0 Å². The third-order valence-electron chi connectivity index (χ3n) is 3.09. The number of carbonyl (C=O) groups is 1. The first-order chi connectivity index (χ1) is 9.06. The predicted molar refractivity (Wildman–Crippen MR) is 80.9 cm³/mol. The van der Waals surface area contributed by atoms with Gasteiger partial charge in [-0.05, 0) is 43.8 Å². The largest absolute Gasteiger partial charge is 0.349 e. The molecule has 1 amide bonds. The molecule has 1 aromatic heterocycles. The van der Waals surface area contributed by atoms with Crippen LogP contribution in [0.1, 0.15) is 33.3 Å². The molecule has 0 fully saturated rings. The lowest BCUT2D eigenvalue weighted by molar-refractivity contribution is 0.0939. The molecule has 0 aliphatic heterocycles. The summed E-state index contributed by atoms with van der Waals surface area (Å²) in [6.45, 7) is 6.06. The summed E-state index contributed by atoms with van der Waals surface area (Å²) in [6, 6.07) is 10.2. The summed E-state index contributed by atoms with van der Waals surface area (Å²) < 4.78 is 0. The molecule has 2 rings (SSSR count). The third-order valence-corrected chi connectivity index (χ3v) is 3.99. The molecule has 2 aromatic rings. The molecule has 0 radical (unpaired) electrons. The fourth-order valence-electron chi connectivity index (χ4n) is 2.15. The van der Waals surface area contributed by atoms with Gasteiger partial charge in [0.05, 0.1) is 0 Å². The van der Waals surface area contributed by atoms with Gasteiger partial charge >= 0.3 is 0 Å². The minimum absolute atomic E-state index is 0.0153. The molecule has 0 unspecified atom stereocenters. The zero-order chi connectivity index (χ0) is 13.8. The Morgan fingerprint density at radius 3 is 2.74 bits per heavy atom. The van der Waals surface area contributed by atoms with E-state index in [1.54, 1.807) is 11.3 Å². The summed E-state index contributed by atoms with van der Waals surface area (Å²) in [5, 5.41) is 5.13. The quantitative estimate of drug-likeness (QED) is 0.903. The van der Waals surface area contributed by atoms with Crippen LogP contribution in [0.15, 0.2) is 35.7 Å². The number of hydrogen-bond donors (Lipinski definition) is 1. The average Bonchev–Trinajstić information content (AvgIpc) is 2.81. The molecule has 1 N–H and O–H groups in total. The van der Waals surface area contributed by atoms with Crippen molar-refractivity contribution in [3.8, 4) is 0 Å². The highest BCUT2D eigenvalue weighted by atomic mass is 32.1. The van der Waals surface area contributed by atoms with Gasteiger partial charge in [0, 0.05) is 22.9 Å². The second-order valence-electron chi connectivity index (χ2n) is 4.98. The predicted octanol–water partition coefficient (Wildman–Crippen LogP) is 3.73. The maximum atomic E-state index is 12.2. The van der Waals surface area contributed by atoms with Gasteiger partial charge in [-0.1, -0.05) is 23.8 Å².